The molecule has 1 nitrogen and oxygen atoms in total. The van der Waals surface area contributed by atoms with Gasteiger partial charge in [0, 0.05) is 5.02 Å². The van der Waals surface area contributed by atoms with Crippen molar-refractivity contribution in [3.8, 4) is 0 Å². The van der Waals surface area contributed by atoms with Gasteiger partial charge in [-0.05, 0) is 17.7 Å². The lowest BCUT2D eigenvalue weighted by atomic mass is 9.94. The summed E-state index contributed by atoms with van der Waals surface area (Å²) in [6, 6.07) is 6.99. The van der Waals surface area contributed by atoms with Crippen LogP contribution in [0.2, 0.25) is 11.3 Å². The molecule has 0 bridgehead atoms. The molecule has 0 spiro atoms. The van der Waals surface area contributed by atoms with Gasteiger partial charge < -0.3 is 5.11 Å². The minimum absolute atomic E-state index is 0.238. The van der Waals surface area contributed by atoms with E-state index in [9.17, 15) is 5.11 Å². The SMILES string of the molecule is [B]C[C@H](O)c1ccc(Cl)cc1. The smallest absolute Gasteiger partial charge is 0.0713 e. The summed E-state index contributed by atoms with van der Waals surface area (Å²) in [5.41, 5.74) is 0.803. The van der Waals surface area contributed by atoms with Crippen LogP contribution in [-0.2, 0) is 0 Å². The average Bonchev–Trinajstić information content (AvgIpc) is 2.05. The minimum Gasteiger partial charge on any atom is -0.389 e. The average molecular weight is 166 g/mol. The van der Waals surface area contributed by atoms with Gasteiger partial charge in [0.1, 0.15) is 0 Å². The van der Waals surface area contributed by atoms with Crippen molar-refractivity contribution in [3.05, 3.63) is 34.9 Å². The van der Waals surface area contributed by atoms with Gasteiger partial charge in [-0.25, -0.2) is 0 Å². The molecule has 0 saturated heterocycles. The van der Waals surface area contributed by atoms with Crippen molar-refractivity contribution in [1.82, 2.24) is 0 Å². The molecule has 0 aliphatic rings. The van der Waals surface area contributed by atoms with E-state index < -0.39 is 6.10 Å². The zero-order valence-electron chi connectivity index (χ0n) is 6.00. The first-order valence-corrected chi connectivity index (χ1v) is 3.75. The summed E-state index contributed by atoms with van der Waals surface area (Å²) in [5.74, 6) is 0. The fraction of sp³-hybridized carbons (Fsp3) is 0.250. The second-order valence-corrected chi connectivity index (χ2v) is 2.74. The Labute approximate surface area is 72.4 Å². The highest BCUT2D eigenvalue weighted by Gasteiger charge is 2.02. The highest BCUT2D eigenvalue weighted by Crippen LogP contribution is 2.17. The standard InChI is InChI=1S/C8H8BClO/c9-5-8(11)6-1-3-7(10)4-2-6/h1-4,8,11H,5H2/t8-/m0/s1. The van der Waals surface area contributed by atoms with Gasteiger partial charge in [-0.2, -0.15) is 0 Å². The molecular formula is C8H8BClO. The molecule has 0 aromatic heterocycles. The molecule has 56 valence electrons. The van der Waals surface area contributed by atoms with E-state index in [4.69, 9.17) is 19.4 Å². The number of aliphatic hydroxyl groups is 1. The maximum absolute atomic E-state index is 9.25. The lowest BCUT2D eigenvalue weighted by molar-refractivity contribution is 0.200. The molecule has 0 aliphatic heterocycles. The minimum atomic E-state index is -0.577. The van der Waals surface area contributed by atoms with Crippen molar-refractivity contribution in [2.75, 3.05) is 0 Å². The Bertz CT molecular complexity index is 222. The molecule has 0 saturated carbocycles. The topological polar surface area (TPSA) is 20.2 Å². The summed E-state index contributed by atoms with van der Waals surface area (Å²) in [5, 5.41) is 9.92. The largest absolute Gasteiger partial charge is 0.389 e. The molecule has 2 radical (unpaired) electrons. The highest BCUT2D eigenvalue weighted by atomic mass is 35.5. The van der Waals surface area contributed by atoms with E-state index in [2.05, 4.69) is 0 Å². The van der Waals surface area contributed by atoms with Crippen LogP contribution in [0.4, 0.5) is 0 Å². The third-order valence-electron chi connectivity index (χ3n) is 1.48. The molecule has 1 rings (SSSR count). The van der Waals surface area contributed by atoms with Crippen LogP contribution < -0.4 is 0 Å². The molecule has 11 heavy (non-hydrogen) atoms. The molecule has 0 heterocycles. The zero-order chi connectivity index (χ0) is 8.27. The van der Waals surface area contributed by atoms with Crippen LogP contribution >= 0.6 is 11.6 Å². The molecular weight excluding hydrogens is 158 g/mol. The molecule has 1 aromatic rings. The van der Waals surface area contributed by atoms with Gasteiger partial charge in [0.2, 0.25) is 0 Å². The molecule has 1 N–H and O–H groups in total. The molecule has 0 amide bonds. The number of halogens is 1. The third kappa shape index (κ3) is 2.24. The lowest BCUT2D eigenvalue weighted by Crippen LogP contribution is -1.94. The van der Waals surface area contributed by atoms with E-state index in [-0.39, 0.29) is 6.32 Å². The van der Waals surface area contributed by atoms with E-state index in [1.165, 1.54) is 0 Å². The van der Waals surface area contributed by atoms with Crippen molar-refractivity contribution in [2.45, 2.75) is 12.4 Å². The van der Waals surface area contributed by atoms with E-state index in [0.29, 0.717) is 5.02 Å². The number of hydrogen-bond acceptors (Lipinski definition) is 1. The molecule has 3 heteroatoms. The van der Waals surface area contributed by atoms with Crippen molar-refractivity contribution in [3.63, 3.8) is 0 Å². The van der Waals surface area contributed by atoms with Gasteiger partial charge in [0.25, 0.3) is 0 Å². The Morgan fingerprint density at radius 3 is 2.36 bits per heavy atom. The van der Waals surface area contributed by atoms with Crippen molar-refractivity contribution in [1.29, 1.82) is 0 Å². The number of rotatable bonds is 2. The number of hydrogen-bond donors (Lipinski definition) is 1. The molecule has 0 aliphatic carbocycles. The van der Waals surface area contributed by atoms with Crippen molar-refractivity contribution < 1.29 is 5.11 Å². The Morgan fingerprint density at radius 1 is 1.36 bits per heavy atom. The Kier molecular flexibility index (Phi) is 2.97. The predicted molar refractivity (Wildman–Crippen MR) is 47.0 cm³/mol. The van der Waals surface area contributed by atoms with E-state index >= 15 is 0 Å². The van der Waals surface area contributed by atoms with E-state index in [0.717, 1.165) is 5.56 Å². The summed E-state index contributed by atoms with van der Waals surface area (Å²) in [6.45, 7) is 0. The van der Waals surface area contributed by atoms with Crippen LogP contribution in [0.5, 0.6) is 0 Å². The fourth-order valence-corrected chi connectivity index (χ4v) is 0.947. The summed E-state index contributed by atoms with van der Waals surface area (Å²) in [6.07, 6.45) is -0.339. The molecule has 0 fully saturated rings. The maximum Gasteiger partial charge on any atom is 0.0713 e. The monoisotopic (exact) mass is 166 g/mol. The van der Waals surface area contributed by atoms with Crippen molar-refractivity contribution >= 4 is 19.4 Å². The van der Waals surface area contributed by atoms with E-state index in [1.807, 2.05) is 0 Å². The fourth-order valence-electron chi connectivity index (χ4n) is 0.821. The van der Waals surface area contributed by atoms with Crippen molar-refractivity contribution in [2.24, 2.45) is 0 Å². The third-order valence-corrected chi connectivity index (χ3v) is 1.73. The van der Waals surface area contributed by atoms with E-state index in [1.54, 1.807) is 24.3 Å². The summed E-state index contributed by atoms with van der Waals surface area (Å²) in [4.78, 5) is 0. The zero-order valence-corrected chi connectivity index (χ0v) is 6.75. The Hall–Kier alpha value is -0.465. The molecule has 0 unspecified atom stereocenters. The second-order valence-electron chi connectivity index (χ2n) is 2.30. The highest BCUT2D eigenvalue weighted by molar-refractivity contribution is 6.30. The van der Waals surface area contributed by atoms with Gasteiger partial charge in [-0.1, -0.05) is 30.1 Å². The van der Waals surface area contributed by atoms with Crippen LogP contribution in [0.25, 0.3) is 0 Å². The summed E-state index contributed by atoms with van der Waals surface area (Å²) >= 11 is 5.65. The van der Waals surface area contributed by atoms with Gasteiger partial charge in [0.05, 0.1) is 14.0 Å². The predicted octanol–water partition coefficient (Wildman–Crippen LogP) is 1.96. The summed E-state index contributed by atoms with van der Waals surface area (Å²) in [7, 11) is 5.26. The first-order chi connectivity index (χ1) is 5.24. The molecule has 1 aromatic carbocycles. The van der Waals surface area contributed by atoms with Crippen LogP contribution in [-0.4, -0.2) is 13.0 Å². The lowest BCUT2D eigenvalue weighted by Gasteiger charge is -2.06. The number of aliphatic hydroxyl groups excluding tert-OH is 1. The van der Waals surface area contributed by atoms with Crippen LogP contribution in [0, 0.1) is 0 Å². The van der Waals surface area contributed by atoms with Crippen LogP contribution in [0.1, 0.15) is 11.7 Å². The Morgan fingerprint density at radius 2 is 1.91 bits per heavy atom. The normalized spacial score (nSPS) is 12.9. The maximum atomic E-state index is 9.25. The summed E-state index contributed by atoms with van der Waals surface area (Å²) < 4.78 is 0. The van der Waals surface area contributed by atoms with Crippen LogP contribution in [0.3, 0.4) is 0 Å². The van der Waals surface area contributed by atoms with Gasteiger partial charge in [0.15, 0.2) is 0 Å². The first kappa shape index (κ1) is 8.63. The second kappa shape index (κ2) is 3.79. The quantitative estimate of drug-likeness (QED) is 0.666. The number of benzene rings is 1. The van der Waals surface area contributed by atoms with Gasteiger partial charge in [-0.15, -0.1) is 0 Å². The van der Waals surface area contributed by atoms with Crippen LogP contribution in [0.15, 0.2) is 24.3 Å². The molecule has 1 atom stereocenters. The first-order valence-electron chi connectivity index (χ1n) is 3.37. The van der Waals surface area contributed by atoms with Gasteiger partial charge in [-0.3, -0.25) is 0 Å². The van der Waals surface area contributed by atoms with Gasteiger partial charge >= 0.3 is 0 Å². The Balaban J connectivity index is 2.81.